The van der Waals surface area contributed by atoms with Gasteiger partial charge in [-0.1, -0.05) is 55.5 Å². The van der Waals surface area contributed by atoms with Crippen LogP contribution in [0.25, 0.3) is 5.57 Å². The summed E-state index contributed by atoms with van der Waals surface area (Å²) in [5.74, 6) is -0.111. The predicted octanol–water partition coefficient (Wildman–Crippen LogP) is 2.53. The maximum Gasteiger partial charge on any atom is 0.213 e. The molecule has 0 aliphatic heterocycles. The van der Waals surface area contributed by atoms with Crippen molar-refractivity contribution < 1.29 is 16.8 Å². The van der Waals surface area contributed by atoms with E-state index in [1.807, 2.05) is 49.4 Å². The zero-order valence-electron chi connectivity index (χ0n) is 16.8. The normalized spacial score (nSPS) is 21.5. The maximum atomic E-state index is 12.1. The number of sulfonamides is 2. The lowest BCUT2D eigenvalue weighted by molar-refractivity contribution is 0.250. The number of nitrogens with one attached hydrogen (secondary N) is 2. The number of hydrogen-bond acceptors (Lipinski definition) is 4. The van der Waals surface area contributed by atoms with Gasteiger partial charge in [0.1, 0.15) is 0 Å². The van der Waals surface area contributed by atoms with Crippen molar-refractivity contribution in [1.29, 1.82) is 0 Å². The van der Waals surface area contributed by atoms with Gasteiger partial charge in [0.15, 0.2) is 0 Å². The van der Waals surface area contributed by atoms with Crippen LogP contribution in [0.15, 0.2) is 48.6 Å². The minimum absolute atomic E-state index is 0.111. The summed E-state index contributed by atoms with van der Waals surface area (Å²) in [7, 11) is -6.74. The van der Waals surface area contributed by atoms with Crippen LogP contribution < -0.4 is 9.44 Å². The molecule has 0 heterocycles. The molecule has 2 atom stereocenters. The van der Waals surface area contributed by atoms with Crippen LogP contribution in [0.3, 0.4) is 0 Å². The lowest BCUT2D eigenvalue weighted by Crippen LogP contribution is -2.45. The van der Waals surface area contributed by atoms with Crippen molar-refractivity contribution in [1.82, 2.24) is 9.44 Å². The van der Waals surface area contributed by atoms with Gasteiger partial charge >= 0.3 is 0 Å². The Labute approximate surface area is 169 Å². The number of benzene rings is 1. The van der Waals surface area contributed by atoms with Crippen molar-refractivity contribution >= 4 is 25.6 Å². The second kappa shape index (κ2) is 8.90. The number of rotatable bonds is 9. The SMILES string of the molecule is CC(C)S(=O)(=O)NC[C@H](C)C1(CNS(C)(=O)=O)C=CC(c2ccccc2)=CC1. The lowest BCUT2D eigenvalue weighted by Gasteiger charge is -2.38. The Hall–Kier alpha value is -1.48. The van der Waals surface area contributed by atoms with E-state index < -0.39 is 30.7 Å². The molecule has 156 valence electrons. The fourth-order valence-corrected chi connectivity index (χ4v) is 4.43. The Morgan fingerprint density at radius 1 is 1.04 bits per heavy atom. The van der Waals surface area contributed by atoms with Gasteiger partial charge in [-0.15, -0.1) is 0 Å². The minimum Gasteiger partial charge on any atom is -0.215 e. The fourth-order valence-electron chi connectivity index (χ4n) is 3.08. The highest BCUT2D eigenvalue weighted by Gasteiger charge is 2.36. The van der Waals surface area contributed by atoms with Crippen LogP contribution >= 0.6 is 0 Å². The molecule has 1 aliphatic rings. The fraction of sp³-hybridized carbons (Fsp3) is 0.500. The van der Waals surface area contributed by atoms with E-state index in [1.54, 1.807) is 13.8 Å². The predicted molar refractivity (Wildman–Crippen MR) is 115 cm³/mol. The molecule has 1 aromatic rings. The van der Waals surface area contributed by atoms with Gasteiger partial charge in [0.25, 0.3) is 0 Å². The highest BCUT2D eigenvalue weighted by Crippen LogP contribution is 2.39. The third-order valence-electron chi connectivity index (χ3n) is 5.26. The monoisotopic (exact) mass is 426 g/mol. The summed E-state index contributed by atoms with van der Waals surface area (Å²) in [6.45, 7) is 5.65. The average molecular weight is 427 g/mol. The third-order valence-corrected chi connectivity index (χ3v) is 7.74. The molecule has 0 saturated carbocycles. The number of hydrogen-bond donors (Lipinski definition) is 2. The van der Waals surface area contributed by atoms with E-state index in [-0.39, 0.29) is 19.0 Å². The molecular weight excluding hydrogens is 396 g/mol. The van der Waals surface area contributed by atoms with E-state index in [4.69, 9.17) is 0 Å². The summed E-state index contributed by atoms with van der Waals surface area (Å²) in [4.78, 5) is 0. The van der Waals surface area contributed by atoms with E-state index in [2.05, 4.69) is 15.5 Å². The molecule has 28 heavy (non-hydrogen) atoms. The van der Waals surface area contributed by atoms with Crippen molar-refractivity contribution in [2.45, 2.75) is 32.4 Å². The van der Waals surface area contributed by atoms with Crippen molar-refractivity contribution in [3.8, 4) is 0 Å². The first-order valence-electron chi connectivity index (χ1n) is 9.33. The molecule has 6 nitrogen and oxygen atoms in total. The first kappa shape index (κ1) is 22.8. The molecule has 0 aromatic heterocycles. The van der Waals surface area contributed by atoms with Crippen LogP contribution in [0.5, 0.6) is 0 Å². The molecule has 0 amide bonds. The summed E-state index contributed by atoms with van der Waals surface area (Å²) in [5, 5.41) is -0.517. The molecule has 0 saturated heterocycles. The van der Waals surface area contributed by atoms with Crippen LogP contribution in [0, 0.1) is 11.3 Å². The van der Waals surface area contributed by atoms with Gasteiger partial charge in [-0.2, -0.15) is 0 Å². The van der Waals surface area contributed by atoms with Gasteiger partial charge in [0.2, 0.25) is 20.0 Å². The molecule has 1 aromatic carbocycles. The molecule has 1 aliphatic carbocycles. The molecule has 2 N–H and O–H groups in total. The summed E-state index contributed by atoms with van der Waals surface area (Å²) in [5.41, 5.74) is 1.66. The van der Waals surface area contributed by atoms with Gasteiger partial charge < -0.3 is 0 Å². The summed E-state index contributed by atoms with van der Waals surface area (Å²) >= 11 is 0. The molecule has 0 fully saturated rings. The van der Waals surface area contributed by atoms with Crippen molar-refractivity contribution in [3.05, 3.63) is 54.1 Å². The van der Waals surface area contributed by atoms with Crippen LogP contribution in [-0.2, 0) is 20.0 Å². The molecule has 2 rings (SSSR count). The van der Waals surface area contributed by atoms with Crippen molar-refractivity contribution in [3.63, 3.8) is 0 Å². The molecule has 8 heteroatoms. The highest BCUT2D eigenvalue weighted by atomic mass is 32.2. The summed E-state index contributed by atoms with van der Waals surface area (Å²) in [6.07, 6.45) is 7.84. The lowest BCUT2D eigenvalue weighted by atomic mass is 9.70. The minimum atomic E-state index is -3.38. The second-order valence-corrected chi connectivity index (χ2v) is 11.9. The quantitative estimate of drug-likeness (QED) is 0.635. The molecule has 0 bridgehead atoms. The molecule has 1 unspecified atom stereocenters. The van der Waals surface area contributed by atoms with E-state index >= 15 is 0 Å². The Kier molecular flexibility index (Phi) is 7.25. The van der Waals surface area contributed by atoms with Gasteiger partial charge in [-0.25, -0.2) is 26.3 Å². The maximum absolute atomic E-state index is 12.1. The first-order valence-corrected chi connectivity index (χ1v) is 12.8. The third kappa shape index (κ3) is 6.01. The van der Waals surface area contributed by atoms with Crippen LogP contribution in [0.4, 0.5) is 0 Å². The Bertz CT molecular complexity index is 936. The highest BCUT2D eigenvalue weighted by molar-refractivity contribution is 7.90. The topological polar surface area (TPSA) is 92.3 Å². The van der Waals surface area contributed by atoms with E-state index in [1.165, 1.54) is 0 Å². The van der Waals surface area contributed by atoms with Crippen LogP contribution in [0.1, 0.15) is 32.8 Å². The second-order valence-electron chi connectivity index (χ2n) is 7.73. The molecular formula is C20H30N2O4S2. The molecule has 0 spiro atoms. The Morgan fingerprint density at radius 3 is 2.18 bits per heavy atom. The zero-order valence-corrected chi connectivity index (χ0v) is 18.5. The summed E-state index contributed by atoms with van der Waals surface area (Å²) < 4.78 is 52.8. The van der Waals surface area contributed by atoms with Gasteiger partial charge in [-0.05, 0) is 37.3 Å². The van der Waals surface area contributed by atoms with E-state index in [9.17, 15) is 16.8 Å². The summed E-state index contributed by atoms with van der Waals surface area (Å²) in [6, 6.07) is 9.96. The van der Waals surface area contributed by atoms with Crippen LogP contribution in [0.2, 0.25) is 0 Å². The molecule has 0 radical (unpaired) electrons. The van der Waals surface area contributed by atoms with E-state index in [0.717, 1.165) is 17.4 Å². The average Bonchev–Trinajstić information content (AvgIpc) is 2.65. The van der Waals surface area contributed by atoms with Gasteiger partial charge in [0.05, 0.1) is 11.5 Å². The van der Waals surface area contributed by atoms with Crippen LogP contribution in [-0.4, -0.2) is 41.4 Å². The van der Waals surface area contributed by atoms with Crippen molar-refractivity contribution in [2.75, 3.05) is 19.3 Å². The van der Waals surface area contributed by atoms with Gasteiger partial charge in [0, 0.05) is 18.5 Å². The first-order chi connectivity index (χ1) is 13.0. The number of allylic oxidation sites excluding steroid dienone is 3. The largest absolute Gasteiger partial charge is 0.215 e. The Balaban J connectivity index is 2.22. The smallest absolute Gasteiger partial charge is 0.213 e. The zero-order chi connectivity index (χ0) is 21.0. The van der Waals surface area contributed by atoms with Crippen molar-refractivity contribution in [2.24, 2.45) is 11.3 Å². The van der Waals surface area contributed by atoms with E-state index in [0.29, 0.717) is 6.42 Å². The Morgan fingerprint density at radius 2 is 1.68 bits per heavy atom. The standard InChI is InChI=1S/C20H30N2O4S2/c1-16(2)28(25,26)21-14-17(3)20(15-22-27(4,23)24)12-10-19(11-13-20)18-8-6-5-7-9-18/h5-12,16-17,21-22H,13-15H2,1-4H3/t17-,20?/m0/s1. The van der Waals surface area contributed by atoms with Gasteiger partial charge in [-0.3, -0.25) is 0 Å².